The highest BCUT2D eigenvalue weighted by Gasteiger charge is 2.73. The normalized spacial score (nSPS) is 36.8. The Morgan fingerprint density at radius 2 is 1.92 bits per heavy atom. The molecule has 1 aromatic rings. The first-order valence-corrected chi connectivity index (χ1v) is 13.7. The molecule has 3 aliphatic heterocycles. The maximum Gasteiger partial charge on any atom is 0.246 e. The molecule has 9 atom stereocenters. The van der Waals surface area contributed by atoms with Crippen LogP contribution in [0.15, 0.2) is 36.4 Å². The monoisotopic (exact) mass is 509 g/mol. The van der Waals surface area contributed by atoms with Gasteiger partial charge in [0.15, 0.2) is 0 Å². The molecule has 0 aromatic heterocycles. The Kier molecular flexibility index (Phi) is 6.81. The number of hydrogen-bond acceptors (Lipinski definition) is 5. The van der Waals surface area contributed by atoms with Crippen LogP contribution in [0.2, 0.25) is 0 Å². The van der Waals surface area contributed by atoms with Gasteiger partial charge in [0.1, 0.15) is 17.4 Å². The molecule has 8 nitrogen and oxygen atoms in total. The minimum absolute atomic E-state index is 0.0670. The topological polar surface area (TPSA) is 97.0 Å². The van der Waals surface area contributed by atoms with Crippen molar-refractivity contribution in [2.24, 2.45) is 23.7 Å². The lowest BCUT2D eigenvalue weighted by molar-refractivity contribution is -0.144. The summed E-state index contributed by atoms with van der Waals surface area (Å²) in [6, 6.07) is 6.18. The number of amides is 3. The molecule has 3 fully saturated rings. The van der Waals surface area contributed by atoms with Crippen LogP contribution in [0, 0.1) is 23.7 Å². The Morgan fingerprint density at radius 1 is 1.19 bits per heavy atom. The number of ether oxygens (including phenoxy) is 2. The lowest BCUT2D eigenvalue weighted by Crippen LogP contribution is -2.59. The van der Waals surface area contributed by atoms with Gasteiger partial charge in [-0.3, -0.25) is 14.4 Å². The number of likely N-dealkylation sites (tertiary alicyclic amines) is 1. The Labute approximate surface area is 219 Å². The fourth-order valence-corrected chi connectivity index (χ4v) is 6.82. The summed E-state index contributed by atoms with van der Waals surface area (Å²) >= 11 is 0. The standard InChI is InChI=1S/C29H39N3O5/c1-6-17(3)32-25(27(34)31-21-9-7-8-16(2)18(21)4)29-15-14-22(37-29)23(24(29)28(32)35)26(33)30-19-10-12-20(36-5)13-11-19/h10-18,21-25H,6-9H2,1-5H3,(H,30,33)(H,31,34)/t16-,17+,18+,21-,22-,23-,24-,25+,29+/m1/s1. The summed E-state index contributed by atoms with van der Waals surface area (Å²) in [5.41, 5.74) is -0.522. The zero-order valence-corrected chi connectivity index (χ0v) is 22.4. The molecule has 1 saturated carbocycles. The van der Waals surface area contributed by atoms with E-state index < -0.39 is 29.6 Å². The van der Waals surface area contributed by atoms with Gasteiger partial charge in [0.25, 0.3) is 0 Å². The van der Waals surface area contributed by atoms with E-state index >= 15 is 0 Å². The average Bonchev–Trinajstić information content (AvgIpc) is 3.54. The summed E-state index contributed by atoms with van der Waals surface area (Å²) in [5.74, 6) is -0.506. The smallest absolute Gasteiger partial charge is 0.246 e. The van der Waals surface area contributed by atoms with Gasteiger partial charge in [-0.25, -0.2) is 0 Å². The van der Waals surface area contributed by atoms with Crippen LogP contribution >= 0.6 is 0 Å². The minimum atomic E-state index is -1.14. The summed E-state index contributed by atoms with van der Waals surface area (Å²) in [6.45, 7) is 8.40. The molecule has 200 valence electrons. The molecule has 1 spiro atoms. The van der Waals surface area contributed by atoms with Gasteiger partial charge >= 0.3 is 0 Å². The molecule has 1 aliphatic carbocycles. The number of carbonyl (C=O) groups is 3. The van der Waals surface area contributed by atoms with Crippen molar-refractivity contribution >= 4 is 23.4 Å². The van der Waals surface area contributed by atoms with Gasteiger partial charge in [0, 0.05) is 17.8 Å². The number of anilines is 1. The molecule has 0 unspecified atom stereocenters. The molecule has 3 heterocycles. The average molecular weight is 510 g/mol. The molecule has 5 rings (SSSR count). The highest BCUT2D eigenvalue weighted by atomic mass is 16.5. The number of carbonyl (C=O) groups excluding carboxylic acids is 3. The molecular formula is C29H39N3O5. The van der Waals surface area contributed by atoms with E-state index in [1.54, 1.807) is 36.3 Å². The third-order valence-corrected chi connectivity index (χ3v) is 9.32. The van der Waals surface area contributed by atoms with Gasteiger partial charge in [0.05, 0.1) is 25.0 Å². The molecule has 37 heavy (non-hydrogen) atoms. The second-order valence-electron chi connectivity index (χ2n) is 11.3. The van der Waals surface area contributed by atoms with Crippen molar-refractivity contribution in [3.05, 3.63) is 36.4 Å². The third-order valence-electron chi connectivity index (χ3n) is 9.32. The summed E-state index contributed by atoms with van der Waals surface area (Å²) in [5, 5.41) is 6.24. The van der Waals surface area contributed by atoms with Crippen molar-refractivity contribution in [2.45, 2.75) is 83.2 Å². The van der Waals surface area contributed by atoms with Crippen molar-refractivity contribution in [2.75, 3.05) is 12.4 Å². The van der Waals surface area contributed by atoms with E-state index in [4.69, 9.17) is 9.47 Å². The number of rotatable bonds is 7. The van der Waals surface area contributed by atoms with Crippen molar-refractivity contribution < 1.29 is 23.9 Å². The van der Waals surface area contributed by atoms with Crippen molar-refractivity contribution in [3.8, 4) is 5.75 Å². The van der Waals surface area contributed by atoms with E-state index in [1.165, 1.54) is 6.42 Å². The van der Waals surface area contributed by atoms with E-state index in [2.05, 4.69) is 24.5 Å². The van der Waals surface area contributed by atoms with Crippen LogP contribution in [0.5, 0.6) is 5.75 Å². The first-order valence-electron chi connectivity index (χ1n) is 13.7. The van der Waals surface area contributed by atoms with Gasteiger partial charge in [-0.15, -0.1) is 0 Å². The zero-order valence-electron chi connectivity index (χ0n) is 22.4. The van der Waals surface area contributed by atoms with Crippen LogP contribution in [0.1, 0.15) is 53.4 Å². The first-order chi connectivity index (χ1) is 17.7. The molecule has 0 radical (unpaired) electrons. The van der Waals surface area contributed by atoms with Gasteiger partial charge in [-0.1, -0.05) is 45.8 Å². The van der Waals surface area contributed by atoms with Gasteiger partial charge in [-0.05, 0) is 55.9 Å². The zero-order chi connectivity index (χ0) is 26.5. The number of hydrogen-bond donors (Lipinski definition) is 2. The Balaban J connectivity index is 1.43. The van der Waals surface area contributed by atoms with E-state index in [0.717, 1.165) is 12.8 Å². The predicted molar refractivity (Wildman–Crippen MR) is 140 cm³/mol. The minimum Gasteiger partial charge on any atom is -0.497 e. The Bertz CT molecular complexity index is 1090. The fourth-order valence-electron chi connectivity index (χ4n) is 6.82. The predicted octanol–water partition coefficient (Wildman–Crippen LogP) is 3.52. The molecule has 1 aromatic carbocycles. The summed E-state index contributed by atoms with van der Waals surface area (Å²) in [7, 11) is 1.59. The number of nitrogens with one attached hydrogen (secondary N) is 2. The number of methoxy groups -OCH3 is 1. The molecule has 2 saturated heterocycles. The van der Waals surface area contributed by atoms with Crippen LogP contribution in [0.4, 0.5) is 5.69 Å². The third kappa shape index (κ3) is 4.13. The quantitative estimate of drug-likeness (QED) is 0.548. The Hall–Kier alpha value is -2.87. The highest BCUT2D eigenvalue weighted by Crippen LogP contribution is 2.56. The highest BCUT2D eigenvalue weighted by molar-refractivity contribution is 6.03. The van der Waals surface area contributed by atoms with E-state index in [-0.39, 0.29) is 29.8 Å². The first kappa shape index (κ1) is 25.8. The molecule has 2 bridgehead atoms. The molecule has 2 N–H and O–H groups in total. The van der Waals surface area contributed by atoms with Crippen LogP contribution in [0.3, 0.4) is 0 Å². The van der Waals surface area contributed by atoms with Crippen LogP contribution in [-0.4, -0.2) is 59.6 Å². The number of nitrogens with zero attached hydrogens (tertiary/aromatic N) is 1. The lowest BCUT2D eigenvalue weighted by Gasteiger charge is -2.39. The SMILES string of the molecule is CC[C@H](C)N1C(=O)[C@H]2[C@H](C(=O)Nc3ccc(OC)cc3)[C@H]3C=C[C@@]2(O3)[C@@H]1C(=O)N[C@@H]1CCC[C@@H](C)[C@@H]1C. The fraction of sp³-hybridized carbons (Fsp3) is 0.621. The second-order valence-corrected chi connectivity index (χ2v) is 11.3. The van der Waals surface area contributed by atoms with Crippen molar-refractivity contribution in [1.82, 2.24) is 10.2 Å². The van der Waals surface area contributed by atoms with Crippen molar-refractivity contribution in [1.29, 1.82) is 0 Å². The van der Waals surface area contributed by atoms with Gasteiger partial charge in [0.2, 0.25) is 17.7 Å². The van der Waals surface area contributed by atoms with Crippen molar-refractivity contribution in [3.63, 3.8) is 0 Å². The number of benzene rings is 1. The van der Waals surface area contributed by atoms with Gasteiger partial charge in [-0.2, -0.15) is 0 Å². The van der Waals surface area contributed by atoms with E-state index in [0.29, 0.717) is 29.7 Å². The maximum atomic E-state index is 14.0. The van der Waals surface area contributed by atoms with E-state index in [1.807, 2.05) is 26.0 Å². The van der Waals surface area contributed by atoms with Crippen LogP contribution < -0.4 is 15.4 Å². The summed E-state index contributed by atoms with van der Waals surface area (Å²) in [4.78, 5) is 43.2. The largest absolute Gasteiger partial charge is 0.497 e. The summed E-state index contributed by atoms with van der Waals surface area (Å²) < 4.78 is 11.6. The Morgan fingerprint density at radius 3 is 2.59 bits per heavy atom. The second kappa shape index (κ2) is 9.78. The lowest BCUT2D eigenvalue weighted by atomic mass is 9.73. The number of fused-ring (bicyclic) bond motifs is 1. The van der Waals surface area contributed by atoms with Crippen LogP contribution in [-0.2, 0) is 19.1 Å². The molecule has 4 aliphatic rings. The summed E-state index contributed by atoms with van der Waals surface area (Å²) in [6.07, 6.45) is 7.06. The molecule has 3 amide bonds. The van der Waals surface area contributed by atoms with E-state index in [9.17, 15) is 14.4 Å². The van der Waals surface area contributed by atoms with Crippen LogP contribution in [0.25, 0.3) is 0 Å². The molecular weight excluding hydrogens is 470 g/mol. The molecule has 8 heteroatoms. The van der Waals surface area contributed by atoms with Gasteiger partial charge < -0.3 is 25.0 Å². The maximum absolute atomic E-state index is 14.0.